The van der Waals surface area contributed by atoms with E-state index in [-0.39, 0.29) is 19.4 Å². The van der Waals surface area contributed by atoms with E-state index in [1.807, 2.05) is 5.32 Å². The van der Waals surface area contributed by atoms with Gasteiger partial charge in [0.05, 0.1) is 5.75 Å². The van der Waals surface area contributed by atoms with Gasteiger partial charge in [0.15, 0.2) is 9.84 Å². The molecule has 1 heterocycles. The lowest BCUT2D eigenvalue weighted by molar-refractivity contribution is -0.810. The predicted molar refractivity (Wildman–Crippen MR) is 84.2 cm³/mol. The summed E-state index contributed by atoms with van der Waals surface area (Å²) in [6.45, 7) is 0.863. The number of rotatable bonds is 8. The fourth-order valence-corrected chi connectivity index (χ4v) is 3.04. The number of likely N-dealkylation sites (N-methyl/N-ethyl adjacent to an activating group) is 1. The van der Waals surface area contributed by atoms with Crippen LogP contribution in [0.4, 0.5) is 0 Å². The molecular weight excluding hydrogens is 380 g/mol. The molecule has 0 aromatic rings. The van der Waals surface area contributed by atoms with E-state index in [1.165, 1.54) is 4.90 Å². The number of sulfone groups is 1. The average molecular weight is 398 g/mol. The lowest BCUT2D eigenvalue weighted by Crippen LogP contribution is -2.68. The van der Waals surface area contributed by atoms with E-state index in [9.17, 15) is 43.0 Å². The predicted octanol–water partition coefficient (Wildman–Crippen LogP) is -2.63. The first kappa shape index (κ1) is 23.3. The smallest absolute Gasteiger partial charge is 0.480 e. The van der Waals surface area contributed by atoms with Crippen molar-refractivity contribution in [3.05, 3.63) is 20.2 Å². The number of carbonyl (C=O) groups is 3. The zero-order valence-electron chi connectivity index (χ0n) is 13.9. The van der Waals surface area contributed by atoms with E-state index in [2.05, 4.69) is 0 Å². The molecule has 1 amide bonds. The van der Waals surface area contributed by atoms with Crippen LogP contribution in [-0.2, 0) is 24.2 Å². The Morgan fingerprint density at radius 1 is 1.31 bits per heavy atom. The molecule has 26 heavy (non-hydrogen) atoms. The number of carboxylic acids is 1. The van der Waals surface area contributed by atoms with Gasteiger partial charge in [-0.1, -0.05) is 0 Å². The number of aldehydes is 1. The van der Waals surface area contributed by atoms with E-state index in [0.717, 1.165) is 6.92 Å². The van der Waals surface area contributed by atoms with Crippen molar-refractivity contribution in [3.63, 3.8) is 0 Å². The van der Waals surface area contributed by atoms with Gasteiger partial charge in [-0.25, -0.2) is 13.2 Å². The lowest BCUT2D eigenvalue weighted by atomic mass is 10.0. The topological polar surface area (TPSA) is 207 Å². The number of likely N-dealkylation sites (tertiary alicyclic amines) is 1. The Morgan fingerprint density at radius 2 is 1.77 bits per heavy atom. The van der Waals surface area contributed by atoms with Crippen LogP contribution < -0.4 is 5.32 Å². The number of hydrogen-bond donors (Lipinski definition) is 2. The van der Waals surface area contributed by atoms with Crippen LogP contribution in [0.15, 0.2) is 0 Å². The van der Waals surface area contributed by atoms with E-state index in [4.69, 9.17) is 5.11 Å². The molecule has 1 unspecified atom stereocenters. The Kier molecular flexibility index (Phi) is 8.20. The van der Waals surface area contributed by atoms with Gasteiger partial charge >= 0.3 is 11.6 Å². The molecule has 1 atom stereocenters. The number of nitro groups is 2. The maximum Gasteiger partial charge on any atom is 0.482 e. The minimum atomic E-state index is -3.79. The molecule has 0 radical (unpaired) electrons. The van der Waals surface area contributed by atoms with Crippen LogP contribution in [0.2, 0.25) is 0 Å². The number of hydrogen-bond acceptors (Lipinski definition) is 10. The molecule has 0 aliphatic carbocycles. The highest BCUT2D eigenvalue weighted by Gasteiger charge is 2.64. The SMILES string of the molecule is CC(=O)NC(CS(=O)(=O)CC=O)C(=O)O.CN1CC([N+](=O)[O-])([N+](=O)[O-])C1. The van der Waals surface area contributed by atoms with Crippen LogP contribution in [-0.4, -0.2) is 89.8 Å². The first-order valence-electron chi connectivity index (χ1n) is 6.89. The minimum absolute atomic E-state index is 0.104. The van der Waals surface area contributed by atoms with Gasteiger partial charge in [0.25, 0.3) is 0 Å². The third-order valence-corrected chi connectivity index (χ3v) is 4.63. The van der Waals surface area contributed by atoms with E-state index < -0.39 is 54.8 Å². The molecule has 14 nitrogen and oxygen atoms in total. The van der Waals surface area contributed by atoms with E-state index in [0.29, 0.717) is 0 Å². The van der Waals surface area contributed by atoms with Gasteiger partial charge in [-0.2, -0.15) is 0 Å². The van der Waals surface area contributed by atoms with Crippen LogP contribution in [0.5, 0.6) is 0 Å². The maximum absolute atomic E-state index is 11.1. The minimum Gasteiger partial charge on any atom is -0.480 e. The van der Waals surface area contributed by atoms with Crippen molar-refractivity contribution in [2.45, 2.75) is 18.6 Å². The summed E-state index contributed by atoms with van der Waals surface area (Å²) in [5, 5.41) is 31.0. The zero-order chi connectivity index (χ0) is 20.7. The van der Waals surface area contributed by atoms with Gasteiger partial charge in [-0.15, -0.1) is 0 Å². The highest BCUT2D eigenvalue weighted by molar-refractivity contribution is 7.92. The van der Waals surface area contributed by atoms with E-state index >= 15 is 0 Å². The molecule has 1 fully saturated rings. The van der Waals surface area contributed by atoms with Crippen molar-refractivity contribution < 1.29 is 37.8 Å². The van der Waals surface area contributed by atoms with Crippen LogP contribution in [0, 0.1) is 20.2 Å². The first-order valence-corrected chi connectivity index (χ1v) is 8.71. The summed E-state index contributed by atoms with van der Waals surface area (Å²) in [6.07, 6.45) is 0.169. The van der Waals surface area contributed by atoms with Crippen LogP contribution >= 0.6 is 0 Å². The van der Waals surface area contributed by atoms with Crippen molar-refractivity contribution in [1.82, 2.24) is 10.2 Å². The molecule has 1 saturated heterocycles. The van der Waals surface area contributed by atoms with Gasteiger partial charge < -0.3 is 15.2 Å². The molecule has 0 bridgehead atoms. The van der Waals surface area contributed by atoms with Gasteiger partial charge in [0, 0.05) is 6.92 Å². The molecule has 1 aliphatic rings. The second kappa shape index (κ2) is 9.14. The standard InChI is InChI=1S/C7H11NO6S.C4H7N3O4/c1-5(10)8-6(7(11)12)4-15(13,14)3-2-9;1-5-2-4(3-5,6(8)9)7(10)11/h2,6H,3-4H2,1H3,(H,8,10)(H,11,12);2-3H2,1H3. The zero-order valence-corrected chi connectivity index (χ0v) is 14.7. The summed E-state index contributed by atoms with van der Waals surface area (Å²) in [5.41, 5.74) is -1.94. The van der Waals surface area contributed by atoms with Crippen molar-refractivity contribution >= 4 is 28.0 Å². The summed E-state index contributed by atoms with van der Waals surface area (Å²) in [6, 6.07) is -1.52. The summed E-state index contributed by atoms with van der Waals surface area (Å²) >= 11 is 0. The highest BCUT2D eigenvalue weighted by Crippen LogP contribution is 2.22. The fourth-order valence-electron chi connectivity index (χ4n) is 1.96. The number of nitrogens with zero attached hydrogens (tertiary/aromatic N) is 3. The Bertz CT molecular complexity index is 669. The van der Waals surface area contributed by atoms with Gasteiger partial charge in [-0.05, 0) is 7.05 Å². The second-order valence-corrected chi connectivity index (χ2v) is 7.66. The molecule has 0 aromatic heterocycles. The number of amides is 1. The largest absolute Gasteiger partial charge is 0.482 e. The molecule has 0 spiro atoms. The van der Waals surface area contributed by atoms with Crippen molar-refractivity contribution in [3.8, 4) is 0 Å². The molecule has 1 rings (SSSR count). The normalized spacial score (nSPS) is 16.8. The molecule has 2 N–H and O–H groups in total. The summed E-state index contributed by atoms with van der Waals surface area (Å²) < 4.78 is 22.2. The molecule has 0 saturated carbocycles. The number of aliphatic carboxylic acids is 1. The highest BCUT2D eigenvalue weighted by atomic mass is 32.2. The second-order valence-electron chi connectivity index (χ2n) is 5.50. The van der Waals surface area contributed by atoms with Crippen LogP contribution in [0.3, 0.4) is 0 Å². The number of carboxylic acid groups (broad SMARTS) is 1. The molecule has 1 aliphatic heterocycles. The quantitative estimate of drug-likeness (QED) is 0.187. The Balaban J connectivity index is 0.000000502. The molecule has 15 heteroatoms. The Morgan fingerprint density at radius 3 is 2.00 bits per heavy atom. The fraction of sp³-hybridized carbons (Fsp3) is 0.727. The molecule has 0 aromatic carbocycles. The molecular formula is C11H18N4O10S. The average Bonchev–Trinajstić information content (AvgIpc) is 2.41. The summed E-state index contributed by atoms with van der Waals surface area (Å²) in [5.74, 6) is -3.65. The Labute approximate surface area is 147 Å². The van der Waals surface area contributed by atoms with E-state index in [1.54, 1.807) is 7.05 Å². The third kappa shape index (κ3) is 6.67. The van der Waals surface area contributed by atoms with Gasteiger partial charge in [-0.3, -0.25) is 29.9 Å². The van der Waals surface area contributed by atoms with Crippen molar-refractivity contribution in [1.29, 1.82) is 0 Å². The number of carbonyl (C=O) groups excluding carboxylic acids is 2. The van der Waals surface area contributed by atoms with Gasteiger partial charge in [0.2, 0.25) is 5.91 Å². The lowest BCUT2D eigenvalue weighted by Gasteiger charge is -2.32. The monoisotopic (exact) mass is 398 g/mol. The Hall–Kier alpha value is -2.68. The third-order valence-electron chi connectivity index (χ3n) is 3.14. The summed E-state index contributed by atoms with van der Waals surface area (Å²) in [7, 11) is -2.18. The maximum atomic E-state index is 11.1. The summed E-state index contributed by atoms with van der Waals surface area (Å²) in [4.78, 5) is 51.4. The first-order chi connectivity index (χ1) is 11.8. The number of nitrogens with one attached hydrogen (secondary N) is 1. The van der Waals surface area contributed by atoms with Gasteiger partial charge in [0.1, 0.15) is 41.0 Å². The van der Waals surface area contributed by atoms with Crippen molar-refractivity contribution in [2.75, 3.05) is 31.6 Å². The molecule has 148 valence electrons. The van der Waals surface area contributed by atoms with Crippen molar-refractivity contribution in [2.24, 2.45) is 0 Å². The van der Waals surface area contributed by atoms with Crippen LogP contribution in [0.1, 0.15) is 6.92 Å². The van der Waals surface area contributed by atoms with Crippen LogP contribution in [0.25, 0.3) is 0 Å².